The molecule has 5 heteroatoms. The van der Waals surface area contributed by atoms with E-state index < -0.39 is 5.91 Å². The second-order valence-corrected chi connectivity index (χ2v) is 6.83. The predicted molar refractivity (Wildman–Crippen MR) is 118 cm³/mol. The van der Waals surface area contributed by atoms with Gasteiger partial charge in [0, 0.05) is 22.9 Å². The Morgan fingerprint density at radius 2 is 1.60 bits per heavy atom. The molecule has 0 saturated carbocycles. The third kappa shape index (κ3) is 3.96. The number of hydrogen-bond donors (Lipinski definition) is 2. The van der Waals surface area contributed by atoms with Crippen LogP contribution in [0.2, 0.25) is 0 Å². The molecule has 0 fully saturated rings. The van der Waals surface area contributed by atoms with E-state index in [4.69, 9.17) is 4.74 Å². The molecular weight excluding hydrogens is 376 g/mol. The van der Waals surface area contributed by atoms with Gasteiger partial charge in [0.15, 0.2) is 11.4 Å². The fraction of sp³-hybridized carbons (Fsp3) is 0.120. The monoisotopic (exact) mass is 398 g/mol. The first-order valence-corrected chi connectivity index (χ1v) is 9.84. The molecule has 0 radical (unpaired) electrons. The minimum Gasteiger partial charge on any atom is -0.505 e. The zero-order valence-corrected chi connectivity index (χ0v) is 16.6. The van der Waals surface area contributed by atoms with Crippen molar-refractivity contribution in [3.63, 3.8) is 0 Å². The number of benzene rings is 3. The molecule has 3 aromatic carbocycles. The average Bonchev–Trinajstić information content (AvgIpc) is 2.80. The van der Waals surface area contributed by atoms with Gasteiger partial charge in [0.2, 0.25) is 0 Å². The molecule has 30 heavy (non-hydrogen) atoms. The number of nitrogens with zero attached hydrogens (tertiary/aromatic N) is 1. The topological polar surface area (TPSA) is 71.5 Å². The molecule has 0 atom stereocenters. The Bertz CT molecular complexity index is 1170. The number of nitrogens with one attached hydrogen (secondary N) is 1. The number of amides is 1. The van der Waals surface area contributed by atoms with Gasteiger partial charge in [0.1, 0.15) is 5.75 Å². The lowest BCUT2D eigenvalue weighted by Crippen LogP contribution is -2.24. The van der Waals surface area contributed by atoms with Crippen LogP contribution in [0.3, 0.4) is 0 Å². The fourth-order valence-electron chi connectivity index (χ4n) is 3.36. The molecule has 150 valence electrons. The highest BCUT2D eigenvalue weighted by molar-refractivity contribution is 6.06. The van der Waals surface area contributed by atoms with Gasteiger partial charge >= 0.3 is 0 Å². The van der Waals surface area contributed by atoms with Crippen LogP contribution in [0.5, 0.6) is 11.5 Å². The number of carbonyl (C=O) groups excluding carboxylic acids is 1. The molecule has 1 aromatic heterocycles. The first kappa shape index (κ1) is 19.5. The number of rotatable bonds is 6. The molecule has 2 N–H and O–H groups in total. The van der Waals surface area contributed by atoms with Crippen molar-refractivity contribution in [2.24, 2.45) is 0 Å². The van der Waals surface area contributed by atoms with Crippen LogP contribution in [-0.4, -0.2) is 22.6 Å². The van der Waals surface area contributed by atoms with E-state index in [1.807, 2.05) is 79.7 Å². The summed E-state index contributed by atoms with van der Waals surface area (Å²) >= 11 is 0. The van der Waals surface area contributed by atoms with Gasteiger partial charge in [-0.15, -0.1) is 0 Å². The van der Waals surface area contributed by atoms with Crippen molar-refractivity contribution in [1.82, 2.24) is 10.3 Å². The highest BCUT2D eigenvalue weighted by atomic mass is 16.5. The molecule has 1 amide bonds. The van der Waals surface area contributed by atoms with Crippen molar-refractivity contribution in [2.45, 2.75) is 13.5 Å². The summed E-state index contributed by atoms with van der Waals surface area (Å²) < 4.78 is 5.44. The van der Waals surface area contributed by atoms with Crippen LogP contribution in [0.4, 0.5) is 0 Å². The quantitative estimate of drug-likeness (QED) is 0.483. The fourth-order valence-corrected chi connectivity index (χ4v) is 3.36. The highest BCUT2D eigenvalue weighted by Gasteiger charge is 2.19. The van der Waals surface area contributed by atoms with Gasteiger partial charge in [0.05, 0.1) is 12.3 Å². The summed E-state index contributed by atoms with van der Waals surface area (Å²) in [5.41, 5.74) is 2.48. The third-order valence-corrected chi connectivity index (χ3v) is 4.83. The van der Waals surface area contributed by atoms with Gasteiger partial charge in [-0.2, -0.15) is 0 Å². The van der Waals surface area contributed by atoms with Crippen LogP contribution in [0.15, 0.2) is 78.9 Å². The third-order valence-electron chi connectivity index (χ3n) is 4.83. The summed E-state index contributed by atoms with van der Waals surface area (Å²) in [6.07, 6.45) is 0. The lowest BCUT2D eigenvalue weighted by molar-refractivity contribution is 0.0943. The Morgan fingerprint density at radius 1 is 0.933 bits per heavy atom. The van der Waals surface area contributed by atoms with Crippen LogP contribution in [0, 0.1) is 0 Å². The van der Waals surface area contributed by atoms with Crippen molar-refractivity contribution >= 4 is 16.7 Å². The number of fused-ring (bicyclic) bond motifs is 1. The van der Waals surface area contributed by atoms with Crippen molar-refractivity contribution < 1.29 is 14.6 Å². The standard InChI is InChI=1S/C25H22N2O3/c1-2-30-19-14-12-17(13-15-19)16-26-25(29)23-24(28)21-11-7-6-10-20(21)22(27-23)18-8-4-3-5-9-18/h3-15,28H,2,16H2,1H3,(H,26,29). The number of hydrogen-bond acceptors (Lipinski definition) is 4. The Labute approximate surface area is 175 Å². The largest absolute Gasteiger partial charge is 0.505 e. The molecule has 0 unspecified atom stereocenters. The first-order chi connectivity index (χ1) is 14.7. The summed E-state index contributed by atoms with van der Waals surface area (Å²) in [4.78, 5) is 17.4. The molecule has 0 spiro atoms. The SMILES string of the molecule is CCOc1ccc(CNC(=O)c2nc(-c3ccccc3)c3ccccc3c2O)cc1. The lowest BCUT2D eigenvalue weighted by Gasteiger charge is -2.13. The van der Waals surface area contributed by atoms with Gasteiger partial charge in [-0.05, 0) is 24.6 Å². The van der Waals surface area contributed by atoms with Crippen LogP contribution < -0.4 is 10.1 Å². The number of ether oxygens (including phenoxy) is 1. The van der Waals surface area contributed by atoms with Crippen molar-refractivity contribution in [2.75, 3.05) is 6.61 Å². The number of pyridine rings is 1. The van der Waals surface area contributed by atoms with E-state index in [9.17, 15) is 9.90 Å². The Kier molecular flexibility index (Phi) is 5.61. The summed E-state index contributed by atoms with van der Waals surface area (Å²) in [5.74, 6) is 0.243. The second-order valence-electron chi connectivity index (χ2n) is 6.83. The minimum atomic E-state index is -0.427. The maximum absolute atomic E-state index is 12.9. The highest BCUT2D eigenvalue weighted by Crippen LogP contribution is 2.34. The molecule has 5 nitrogen and oxygen atoms in total. The Balaban J connectivity index is 1.64. The summed E-state index contributed by atoms with van der Waals surface area (Å²) in [7, 11) is 0. The zero-order valence-electron chi connectivity index (χ0n) is 16.6. The maximum Gasteiger partial charge on any atom is 0.274 e. The molecule has 4 aromatic rings. The second kappa shape index (κ2) is 8.66. The number of carbonyl (C=O) groups is 1. The van der Waals surface area contributed by atoms with E-state index >= 15 is 0 Å². The molecule has 0 aliphatic carbocycles. The first-order valence-electron chi connectivity index (χ1n) is 9.84. The van der Waals surface area contributed by atoms with E-state index in [1.165, 1.54) is 0 Å². The molecule has 0 aliphatic heterocycles. The predicted octanol–water partition coefficient (Wildman–Crippen LogP) is 4.94. The van der Waals surface area contributed by atoms with E-state index in [0.29, 0.717) is 24.2 Å². The molecule has 0 bridgehead atoms. The molecule has 4 rings (SSSR count). The van der Waals surface area contributed by atoms with Crippen molar-refractivity contribution in [3.8, 4) is 22.8 Å². The Hall–Kier alpha value is -3.86. The molecule has 0 saturated heterocycles. The Morgan fingerprint density at radius 3 is 2.30 bits per heavy atom. The van der Waals surface area contributed by atoms with Gasteiger partial charge in [-0.1, -0.05) is 66.7 Å². The van der Waals surface area contributed by atoms with Crippen LogP contribution in [0.1, 0.15) is 23.0 Å². The lowest BCUT2D eigenvalue weighted by atomic mass is 10.0. The van der Waals surface area contributed by atoms with Gasteiger partial charge in [-0.3, -0.25) is 4.79 Å². The summed E-state index contributed by atoms with van der Waals surface area (Å²) in [6.45, 7) is 2.85. The van der Waals surface area contributed by atoms with Crippen LogP contribution >= 0.6 is 0 Å². The normalized spacial score (nSPS) is 10.7. The summed E-state index contributed by atoms with van der Waals surface area (Å²) in [6, 6.07) is 24.6. The van der Waals surface area contributed by atoms with Gasteiger partial charge < -0.3 is 15.2 Å². The number of aromatic hydroxyl groups is 1. The van der Waals surface area contributed by atoms with Crippen molar-refractivity contribution in [3.05, 3.63) is 90.1 Å². The molecule has 1 heterocycles. The maximum atomic E-state index is 12.9. The zero-order chi connectivity index (χ0) is 20.9. The van der Waals surface area contributed by atoms with E-state index in [-0.39, 0.29) is 11.4 Å². The van der Waals surface area contributed by atoms with Crippen LogP contribution in [0.25, 0.3) is 22.0 Å². The van der Waals surface area contributed by atoms with E-state index in [2.05, 4.69) is 10.3 Å². The van der Waals surface area contributed by atoms with E-state index in [1.54, 1.807) is 6.07 Å². The van der Waals surface area contributed by atoms with Gasteiger partial charge in [-0.25, -0.2) is 4.98 Å². The molecular formula is C25H22N2O3. The number of aromatic nitrogens is 1. The van der Waals surface area contributed by atoms with E-state index in [0.717, 1.165) is 22.3 Å². The minimum absolute atomic E-state index is 0.0125. The smallest absolute Gasteiger partial charge is 0.274 e. The molecule has 0 aliphatic rings. The summed E-state index contributed by atoms with van der Waals surface area (Å²) in [5, 5.41) is 15.0. The average molecular weight is 398 g/mol. The van der Waals surface area contributed by atoms with Crippen LogP contribution in [-0.2, 0) is 6.54 Å². The van der Waals surface area contributed by atoms with Gasteiger partial charge in [0.25, 0.3) is 5.91 Å². The van der Waals surface area contributed by atoms with Crippen molar-refractivity contribution in [1.29, 1.82) is 0 Å².